The number of methoxy groups -OCH3 is 1. The van der Waals surface area contributed by atoms with Gasteiger partial charge in [0.05, 0.1) is 19.8 Å². The smallest absolute Gasteiger partial charge is 0.122 e. The Balaban J connectivity index is 1.94. The lowest BCUT2D eigenvalue weighted by atomic mass is 9.84. The lowest BCUT2D eigenvalue weighted by Gasteiger charge is -2.30. The number of aliphatic hydroxyl groups excluding tert-OH is 1. The molecular weight excluding hydrogens is 264 g/mol. The first-order valence-electron chi connectivity index (χ1n) is 7.25. The Hall–Kier alpha value is -2.00. The van der Waals surface area contributed by atoms with Crippen LogP contribution in [0.3, 0.4) is 0 Å². The van der Waals surface area contributed by atoms with E-state index in [0.29, 0.717) is 6.61 Å². The molecule has 2 aromatic rings. The van der Waals surface area contributed by atoms with Crippen LogP contribution >= 0.6 is 0 Å². The van der Waals surface area contributed by atoms with Crippen LogP contribution in [0.2, 0.25) is 0 Å². The van der Waals surface area contributed by atoms with E-state index < -0.39 is 6.10 Å². The molecule has 0 aromatic heterocycles. The molecular formula is C18H20O3. The van der Waals surface area contributed by atoms with Crippen LogP contribution in [0.5, 0.6) is 11.5 Å². The Morgan fingerprint density at radius 2 is 2.05 bits per heavy atom. The number of fused-ring (bicyclic) bond motifs is 1. The van der Waals surface area contributed by atoms with E-state index in [4.69, 9.17) is 9.47 Å². The standard InChI is InChI=1S/C18H20O3/c1-12-11-13(20-2)7-8-14(12)18(19)16-9-10-21-17-6-4-3-5-15(16)17/h3-8,11,16,18-19H,9-10H2,1-2H3. The summed E-state index contributed by atoms with van der Waals surface area (Å²) in [4.78, 5) is 0. The lowest BCUT2D eigenvalue weighted by molar-refractivity contribution is 0.117. The topological polar surface area (TPSA) is 38.7 Å². The van der Waals surface area contributed by atoms with E-state index in [9.17, 15) is 5.11 Å². The summed E-state index contributed by atoms with van der Waals surface area (Å²) in [7, 11) is 1.65. The van der Waals surface area contributed by atoms with Crippen molar-refractivity contribution < 1.29 is 14.6 Å². The minimum absolute atomic E-state index is 0.0713. The molecule has 3 rings (SSSR count). The predicted molar refractivity (Wildman–Crippen MR) is 82.0 cm³/mol. The van der Waals surface area contributed by atoms with E-state index in [-0.39, 0.29) is 5.92 Å². The number of para-hydroxylation sites is 1. The van der Waals surface area contributed by atoms with Gasteiger partial charge in [0, 0.05) is 11.5 Å². The minimum atomic E-state index is -0.527. The van der Waals surface area contributed by atoms with Crippen LogP contribution in [0, 0.1) is 6.92 Å². The maximum absolute atomic E-state index is 10.8. The fourth-order valence-electron chi connectivity index (χ4n) is 3.02. The molecule has 3 heteroatoms. The van der Waals surface area contributed by atoms with E-state index in [2.05, 4.69) is 0 Å². The van der Waals surface area contributed by atoms with E-state index in [1.54, 1.807) is 7.11 Å². The van der Waals surface area contributed by atoms with Gasteiger partial charge >= 0.3 is 0 Å². The van der Waals surface area contributed by atoms with Gasteiger partial charge in [-0.3, -0.25) is 0 Å². The van der Waals surface area contributed by atoms with E-state index >= 15 is 0 Å². The summed E-state index contributed by atoms with van der Waals surface area (Å²) in [6.45, 7) is 2.65. The lowest BCUT2D eigenvalue weighted by Crippen LogP contribution is -2.20. The van der Waals surface area contributed by atoms with Crippen molar-refractivity contribution in [3.8, 4) is 11.5 Å². The fraction of sp³-hybridized carbons (Fsp3) is 0.333. The maximum atomic E-state index is 10.8. The highest BCUT2D eigenvalue weighted by molar-refractivity contribution is 5.42. The van der Waals surface area contributed by atoms with Gasteiger partial charge in [-0.2, -0.15) is 0 Å². The van der Waals surface area contributed by atoms with Gasteiger partial charge in [0.25, 0.3) is 0 Å². The van der Waals surface area contributed by atoms with Crippen LogP contribution in [0.15, 0.2) is 42.5 Å². The number of hydrogen-bond donors (Lipinski definition) is 1. The van der Waals surface area contributed by atoms with Crippen molar-refractivity contribution in [2.75, 3.05) is 13.7 Å². The molecule has 0 amide bonds. The third-order valence-electron chi connectivity index (χ3n) is 4.18. The molecule has 0 bridgehead atoms. The highest BCUT2D eigenvalue weighted by Gasteiger charge is 2.29. The quantitative estimate of drug-likeness (QED) is 0.936. The molecule has 0 spiro atoms. The first kappa shape index (κ1) is 14.0. The van der Waals surface area contributed by atoms with Crippen LogP contribution in [0.25, 0.3) is 0 Å². The molecule has 1 heterocycles. The van der Waals surface area contributed by atoms with Crippen molar-refractivity contribution in [2.24, 2.45) is 0 Å². The van der Waals surface area contributed by atoms with Gasteiger partial charge in [-0.25, -0.2) is 0 Å². The Labute approximate surface area is 125 Å². The second-order valence-electron chi connectivity index (χ2n) is 5.45. The Morgan fingerprint density at radius 3 is 2.81 bits per heavy atom. The molecule has 0 aliphatic carbocycles. The second kappa shape index (κ2) is 5.78. The summed E-state index contributed by atoms with van der Waals surface area (Å²) in [5.74, 6) is 1.77. The van der Waals surface area contributed by atoms with Crippen molar-refractivity contribution in [2.45, 2.75) is 25.4 Å². The largest absolute Gasteiger partial charge is 0.497 e. The summed E-state index contributed by atoms with van der Waals surface area (Å²) in [6.07, 6.45) is 0.296. The number of rotatable bonds is 3. The summed E-state index contributed by atoms with van der Waals surface area (Å²) in [5.41, 5.74) is 3.09. The molecule has 1 aliphatic heterocycles. The monoisotopic (exact) mass is 284 g/mol. The molecule has 1 N–H and O–H groups in total. The average molecular weight is 284 g/mol. The van der Waals surface area contributed by atoms with E-state index in [1.807, 2.05) is 49.4 Å². The molecule has 110 valence electrons. The van der Waals surface area contributed by atoms with Crippen LogP contribution < -0.4 is 9.47 Å². The van der Waals surface area contributed by atoms with Crippen molar-refractivity contribution in [3.05, 3.63) is 59.2 Å². The average Bonchev–Trinajstić information content (AvgIpc) is 2.53. The molecule has 2 unspecified atom stereocenters. The molecule has 0 radical (unpaired) electrons. The number of hydrogen-bond acceptors (Lipinski definition) is 3. The van der Waals surface area contributed by atoms with Crippen LogP contribution in [-0.4, -0.2) is 18.8 Å². The number of aryl methyl sites for hydroxylation is 1. The van der Waals surface area contributed by atoms with Crippen molar-refractivity contribution in [1.29, 1.82) is 0 Å². The number of ether oxygens (including phenoxy) is 2. The molecule has 0 saturated carbocycles. The van der Waals surface area contributed by atoms with Crippen LogP contribution in [-0.2, 0) is 0 Å². The Morgan fingerprint density at radius 1 is 1.24 bits per heavy atom. The normalized spacial score (nSPS) is 18.5. The molecule has 2 atom stereocenters. The zero-order valence-electron chi connectivity index (χ0n) is 12.4. The van der Waals surface area contributed by atoms with Crippen LogP contribution in [0.4, 0.5) is 0 Å². The van der Waals surface area contributed by atoms with Gasteiger partial charge in [-0.05, 0) is 42.7 Å². The molecule has 2 aromatic carbocycles. The SMILES string of the molecule is COc1ccc(C(O)C2CCOc3ccccc32)c(C)c1. The van der Waals surface area contributed by atoms with Gasteiger partial charge in [-0.15, -0.1) is 0 Å². The number of aliphatic hydroxyl groups is 1. The first-order chi connectivity index (χ1) is 10.2. The molecule has 0 saturated heterocycles. The third-order valence-corrected chi connectivity index (χ3v) is 4.18. The minimum Gasteiger partial charge on any atom is -0.497 e. The third kappa shape index (κ3) is 2.61. The van der Waals surface area contributed by atoms with Gasteiger partial charge in [0.2, 0.25) is 0 Å². The van der Waals surface area contributed by atoms with Gasteiger partial charge < -0.3 is 14.6 Å². The maximum Gasteiger partial charge on any atom is 0.122 e. The van der Waals surface area contributed by atoms with Gasteiger partial charge in [0.1, 0.15) is 11.5 Å². The predicted octanol–water partition coefficient (Wildman–Crippen LogP) is 3.60. The van der Waals surface area contributed by atoms with Crippen LogP contribution in [0.1, 0.15) is 35.1 Å². The fourth-order valence-corrected chi connectivity index (χ4v) is 3.02. The Bertz CT molecular complexity index is 636. The molecule has 21 heavy (non-hydrogen) atoms. The first-order valence-corrected chi connectivity index (χ1v) is 7.25. The highest BCUT2D eigenvalue weighted by atomic mass is 16.5. The summed E-state index contributed by atoms with van der Waals surface area (Å²) in [5, 5.41) is 10.8. The highest BCUT2D eigenvalue weighted by Crippen LogP contribution is 2.42. The molecule has 0 fully saturated rings. The Kier molecular flexibility index (Phi) is 3.84. The van der Waals surface area contributed by atoms with Crippen molar-refractivity contribution in [3.63, 3.8) is 0 Å². The zero-order chi connectivity index (χ0) is 14.8. The van der Waals surface area contributed by atoms with Gasteiger partial charge in [-0.1, -0.05) is 24.3 Å². The van der Waals surface area contributed by atoms with Crippen molar-refractivity contribution >= 4 is 0 Å². The molecule has 1 aliphatic rings. The molecule has 3 nitrogen and oxygen atoms in total. The second-order valence-corrected chi connectivity index (χ2v) is 5.45. The van der Waals surface area contributed by atoms with E-state index in [0.717, 1.165) is 34.6 Å². The zero-order valence-corrected chi connectivity index (χ0v) is 12.4. The van der Waals surface area contributed by atoms with E-state index in [1.165, 1.54) is 0 Å². The summed E-state index contributed by atoms with van der Waals surface area (Å²) < 4.78 is 10.9. The van der Waals surface area contributed by atoms with Crippen molar-refractivity contribution in [1.82, 2.24) is 0 Å². The summed E-state index contributed by atoms with van der Waals surface area (Å²) in [6, 6.07) is 13.8. The van der Waals surface area contributed by atoms with Gasteiger partial charge in [0.15, 0.2) is 0 Å². The number of benzene rings is 2. The summed E-state index contributed by atoms with van der Waals surface area (Å²) >= 11 is 0.